The lowest BCUT2D eigenvalue weighted by atomic mass is 10.3. The van der Waals surface area contributed by atoms with Crippen LogP contribution >= 0.6 is 0 Å². The molecule has 0 saturated carbocycles. The molecule has 0 spiro atoms. The summed E-state index contributed by atoms with van der Waals surface area (Å²) in [6, 6.07) is 5.64. The topological polar surface area (TPSA) is 80.7 Å². The molecule has 3 aromatic rings. The summed E-state index contributed by atoms with van der Waals surface area (Å²) in [6.45, 7) is 3.70. The molecule has 0 unspecified atom stereocenters. The molecule has 5 heteroatoms. The van der Waals surface area contributed by atoms with Gasteiger partial charge >= 0.3 is 0 Å². The molecule has 1 aromatic carbocycles. The first kappa shape index (κ1) is 9.89. The fourth-order valence-corrected chi connectivity index (χ4v) is 1.91. The molecule has 0 radical (unpaired) electrons. The van der Waals surface area contributed by atoms with Gasteiger partial charge in [-0.25, -0.2) is 9.97 Å². The van der Waals surface area contributed by atoms with Crippen LogP contribution in [0.25, 0.3) is 22.6 Å². The highest BCUT2D eigenvalue weighted by Gasteiger charge is 2.14. The average molecular weight is 228 g/mol. The Kier molecular flexibility index (Phi) is 1.95. The number of nitrogens with zero attached hydrogens (tertiary/aromatic N) is 2. The number of H-pyrrole nitrogens is 1. The van der Waals surface area contributed by atoms with E-state index in [9.17, 15) is 0 Å². The lowest BCUT2D eigenvalue weighted by Crippen LogP contribution is -1.85. The van der Waals surface area contributed by atoms with E-state index in [2.05, 4.69) is 15.0 Å². The Morgan fingerprint density at radius 1 is 1.24 bits per heavy atom. The minimum Gasteiger partial charge on any atom is -0.437 e. The zero-order chi connectivity index (χ0) is 12.0. The number of nitrogens with one attached hydrogen (secondary N) is 1. The predicted octanol–water partition coefficient (Wildman–Crippen LogP) is 2.42. The Morgan fingerprint density at radius 2 is 2.06 bits per heavy atom. The van der Waals surface area contributed by atoms with Crippen molar-refractivity contribution in [2.24, 2.45) is 0 Å². The smallest absolute Gasteiger partial charge is 0.192 e. The second-order valence-electron chi connectivity index (χ2n) is 3.98. The number of aryl methyl sites for hydroxylation is 2. The van der Waals surface area contributed by atoms with E-state index in [-0.39, 0.29) is 0 Å². The molecule has 2 heterocycles. The van der Waals surface area contributed by atoms with Crippen molar-refractivity contribution in [1.29, 1.82) is 0 Å². The number of anilines is 1. The SMILES string of the molecule is Cc1nc(C)c(-c2nc3c(N)cccc3[nH]2)o1. The Bertz CT molecular complexity index is 696. The van der Waals surface area contributed by atoms with E-state index in [4.69, 9.17) is 10.2 Å². The van der Waals surface area contributed by atoms with Gasteiger partial charge < -0.3 is 15.1 Å². The van der Waals surface area contributed by atoms with Crippen LogP contribution < -0.4 is 5.73 Å². The molecule has 5 nitrogen and oxygen atoms in total. The molecule has 0 aliphatic heterocycles. The standard InChI is InChI=1S/C12H12N4O/c1-6-11(17-7(2)14-6)12-15-9-5-3-4-8(13)10(9)16-12/h3-5H,13H2,1-2H3,(H,15,16). The fraction of sp³-hybridized carbons (Fsp3) is 0.167. The van der Waals surface area contributed by atoms with Crippen LogP contribution in [-0.4, -0.2) is 15.0 Å². The third-order valence-electron chi connectivity index (χ3n) is 2.66. The maximum absolute atomic E-state index is 5.86. The van der Waals surface area contributed by atoms with Gasteiger partial charge in [0, 0.05) is 6.92 Å². The number of para-hydroxylation sites is 1. The van der Waals surface area contributed by atoms with E-state index in [1.807, 2.05) is 32.0 Å². The van der Waals surface area contributed by atoms with Gasteiger partial charge in [0.25, 0.3) is 0 Å². The highest BCUT2D eigenvalue weighted by atomic mass is 16.4. The van der Waals surface area contributed by atoms with Crippen molar-refractivity contribution >= 4 is 16.7 Å². The van der Waals surface area contributed by atoms with E-state index in [0.29, 0.717) is 23.2 Å². The number of benzene rings is 1. The highest BCUT2D eigenvalue weighted by Crippen LogP contribution is 2.26. The van der Waals surface area contributed by atoms with Crippen molar-refractivity contribution in [2.45, 2.75) is 13.8 Å². The summed E-state index contributed by atoms with van der Waals surface area (Å²) in [5.74, 6) is 1.96. The van der Waals surface area contributed by atoms with Crippen LogP contribution in [0.1, 0.15) is 11.6 Å². The summed E-state index contributed by atoms with van der Waals surface area (Å²) in [4.78, 5) is 11.8. The Hall–Kier alpha value is -2.30. The summed E-state index contributed by atoms with van der Waals surface area (Å²) >= 11 is 0. The minimum absolute atomic E-state index is 0.630. The number of oxazole rings is 1. The number of nitrogen functional groups attached to an aromatic ring is 1. The summed E-state index contributed by atoms with van der Waals surface area (Å²) in [6.07, 6.45) is 0. The zero-order valence-corrected chi connectivity index (χ0v) is 9.61. The van der Waals surface area contributed by atoms with Crippen LogP contribution in [0.4, 0.5) is 5.69 Å². The van der Waals surface area contributed by atoms with Gasteiger partial charge in [0.2, 0.25) is 0 Å². The van der Waals surface area contributed by atoms with Crippen molar-refractivity contribution in [3.8, 4) is 11.6 Å². The van der Waals surface area contributed by atoms with Crippen LogP contribution in [0.15, 0.2) is 22.6 Å². The average Bonchev–Trinajstić information content (AvgIpc) is 2.82. The third-order valence-corrected chi connectivity index (χ3v) is 2.66. The maximum Gasteiger partial charge on any atom is 0.192 e. The Morgan fingerprint density at radius 3 is 2.71 bits per heavy atom. The molecular formula is C12H12N4O. The van der Waals surface area contributed by atoms with Crippen LogP contribution in [0, 0.1) is 13.8 Å². The number of hydrogen-bond donors (Lipinski definition) is 2. The number of hydrogen-bond acceptors (Lipinski definition) is 4. The van der Waals surface area contributed by atoms with Crippen LogP contribution in [0.5, 0.6) is 0 Å². The molecule has 2 aromatic heterocycles. The molecule has 0 atom stereocenters. The fourth-order valence-electron chi connectivity index (χ4n) is 1.91. The molecule has 86 valence electrons. The minimum atomic E-state index is 0.630. The molecular weight excluding hydrogens is 216 g/mol. The van der Waals surface area contributed by atoms with Gasteiger partial charge in [0.15, 0.2) is 17.5 Å². The molecule has 0 amide bonds. The number of imidazole rings is 1. The predicted molar refractivity (Wildman–Crippen MR) is 65.5 cm³/mol. The first-order chi connectivity index (χ1) is 8.15. The summed E-state index contributed by atoms with van der Waals surface area (Å²) < 4.78 is 5.52. The molecule has 0 fully saturated rings. The maximum atomic E-state index is 5.86. The zero-order valence-electron chi connectivity index (χ0n) is 9.61. The quantitative estimate of drug-likeness (QED) is 0.627. The van der Waals surface area contributed by atoms with Crippen molar-refractivity contribution < 1.29 is 4.42 Å². The molecule has 0 bridgehead atoms. The van der Waals surface area contributed by atoms with Crippen molar-refractivity contribution in [3.05, 3.63) is 29.8 Å². The number of fused-ring (bicyclic) bond motifs is 1. The van der Waals surface area contributed by atoms with E-state index in [1.54, 1.807) is 0 Å². The van der Waals surface area contributed by atoms with E-state index in [0.717, 1.165) is 16.7 Å². The number of aromatic nitrogens is 3. The number of nitrogens with two attached hydrogens (primary N) is 1. The van der Waals surface area contributed by atoms with E-state index in [1.165, 1.54) is 0 Å². The second kappa shape index (κ2) is 3.35. The normalized spacial score (nSPS) is 11.2. The van der Waals surface area contributed by atoms with Crippen LogP contribution in [0.3, 0.4) is 0 Å². The van der Waals surface area contributed by atoms with Gasteiger partial charge in [-0.15, -0.1) is 0 Å². The second-order valence-corrected chi connectivity index (χ2v) is 3.98. The summed E-state index contributed by atoms with van der Waals surface area (Å²) in [7, 11) is 0. The first-order valence-electron chi connectivity index (χ1n) is 5.34. The molecule has 0 aliphatic rings. The Labute approximate surface area is 97.7 Å². The largest absolute Gasteiger partial charge is 0.437 e. The molecule has 17 heavy (non-hydrogen) atoms. The van der Waals surface area contributed by atoms with Gasteiger partial charge in [0.1, 0.15) is 5.52 Å². The highest BCUT2D eigenvalue weighted by molar-refractivity contribution is 5.88. The van der Waals surface area contributed by atoms with Gasteiger partial charge in [-0.05, 0) is 19.1 Å². The van der Waals surface area contributed by atoms with Crippen LogP contribution in [-0.2, 0) is 0 Å². The van der Waals surface area contributed by atoms with Gasteiger partial charge in [-0.2, -0.15) is 0 Å². The lowest BCUT2D eigenvalue weighted by molar-refractivity contribution is 0.531. The van der Waals surface area contributed by atoms with Crippen LogP contribution in [0.2, 0.25) is 0 Å². The van der Waals surface area contributed by atoms with Crippen molar-refractivity contribution in [1.82, 2.24) is 15.0 Å². The van der Waals surface area contributed by atoms with E-state index < -0.39 is 0 Å². The first-order valence-corrected chi connectivity index (χ1v) is 5.34. The van der Waals surface area contributed by atoms with E-state index >= 15 is 0 Å². The molecule has 3 rings (SSSR count). The van der Waals surface area contributed by atoms with Crippen molar-refractivity contribution in [3.63, 3.8) is 0 Å². The van der Waals surface area contributed by atoms with Crippen molar-refractivity contribution in [2.75, 3.05) is 5.73 Å². The molecule has 0 saturated heterocycles. The Balaban J connectivity index is 2.25. The number of rotatable bonds is 1. The number of aromatic amines is 1. The third kappa shape index (κ3) is 1.47. The lowest BCUT2D eigenvalue weighted by Gasteiger charge is -1.90. The molecule has 3 N–H and O–H groups in total. The van der Waals surface area contributed by atoms with Gasteiger partial charge in [-0.3, -0.25) is 0 Å². The monoisotopic (exact) mass is 228 g/mol. The molecule has 0 aliphatic carbocycles. The van der Waals surface area contributed by atoms with Gasteiger partial charge in [-0.1, -0.05) is 6.07 Å². The summed E-state index contributed by atoms with van der Waals surface area (Å²) in [5.41, 5.74) is 8.99. The van der Waals surface area contributed by atoms with Gasteiger partial charge in [0.05, 0.1) is 16.9 Å². The summed E-state index contributed by atoms with van der Waals surface area (Å²) in [5, 5.41) is 0.